The van der Waals surface area contributed by atoms with Gasteiger partial charge in [0, 0.05) is 19.3 Å². The fraction of sp³-hybridized carbons (Fsp3) is 0.921. The highest BCUT2D eigenvalue weighted by Gasteiger charge is 2.31. The molecule has 0 heterocycles. The monoisotopic (exact) mass is 657 g/mol. The highest BCUT2D eigenvalue weighted by atomic mass is 16.6. The standard InChI is InChI=1S/C38H73NO7/c1-6-8-10-12-13-14-15-16-17-18-19-20-21-22-23-25-27-29-37(41)46-34(33-45-36(40)28-26-24-11-9-7-2)32-44-31-30-35(38(42)43)39(3,4)5/h34-35H,6-33H2,1-5H3/p+1. The summed E-state index contributed by atoms with van der Waals surface area (Å²) in [6, 6.07) is -0.605. The summed E-state index contributed by atoms with van der Waals surface area (Å²) < 4.78 is 17.1. The van der Waals surface area contributed by atoms with Gasteiger partial charge in [-0.1, -0.05) is 142 Å². The van der Waals surface area contributed by atoms with Crippen LogP contribution in [0.1, 0.15) is 174 Å². The summed E-state index contributed by atoms with van der Waals surface area (Å²) in [6.07, 6.45) is 27.5. The van der Waals surface area contributed by atoms with E-state index in [1.165, 1.54) is 96.3 Å². The molecule has 8 nitrogen and oxygen atoms in total. The van der Waals surface area contributed by atoms with Crippen molar-refractivity contribution in [2.24, 2.45) is 0 Å². The second kappa shape index (κ2) is 30.7. The van der Waals surface area contributed by atoms with E-state index in [9.17, 15) is 19.5 Å². The summed E-state index contributed by atoms with van der Waals surface area (Å²) in [4.78, 5) is 36.5. The normalized spacial score (nSPS) is 13.0. The van der Waals surface area contributed by atoms with Crippen molar-refractivity contribution in [2.75, 3.05) is 41.0 Å². The number of carbonyl (C=O) groups is 3. The molecule has 0 amide bonds. The van der Waals surface area contributed by atoms with Crippen molar-refractivity contribution in [1.82, 2.24) is 0 Å². The highest BCUT2D eigenvalue weighted by Crippen LogP contribution is 2.15. The molecule has 0 aromatic rings. The first-order valence-electron chi connectivity index (χ1n) is 19.1. The van der Waals surface area contributed by atoms with Crippen molar-refractivity contribution < 1.29 is 38.2 Å². The van der Waals surface area contributed by atoms with Crippen LogP contribution in [0.3, 0.4) is 0 Å². The summed E-state index contributed by atoms with van der Waals surface area (Å²) in [5.41, 5.74) is 0. The molecule has 1 N–H and O–H groups in total. The Labute approximate surface area is 283 Å². The SMILES string of the molecule is CCCCCCCCCCCCCCCCCCCC(=O)OC(COCCC(C(=O)O)[N+](C)(C)C)COC(=O)CCCCCCC. The minimum Gasteiger partial charge on any atom is -0.477 e. The lowest BCUT2D eigenvalue weighted by molar-refractivity contribution is -0.887. The van der Waals surface area contributed by atoms with Crippen molar-refractivity contribution in [2.45, 2.75) is 187 Å². The summed E-state index contributed by atoms with van der Waals surface area (Å²) in [7, 11) is 5.51. The molecule has 0 fully saturated rings. The predicted octanol–water partition coefficient (Wildman–Crippen LogP) is 9.41. The molecule has 0 spiro atoms. The van der Waals surface area contributed by atoms with Gasteiger partial charge in [-0.2, -0.15) is 0 Å². The molecule has 46 heavy (non-hydrogen) atoms. The number of rotatable bonds is 34. The van der Waals surface area contributed by atoms with Gasteiger partial charge < -0.3 is 23.8 Å². The van der Waals surface area contributed by atoms with Gasteiger partial charge in [0.1, 0.15) is 6.61 Å². The lowest BCUT2D eigenvalue weighted by Crippen LogP contribution is -2.50. The fourth-order valence-electron chi connectivity index (χ4n) is 5.74. The molecule has 0 saturated heterocycles. The zero-order valence-electron chi connectivity index (χ0n) is 30.8. The Balaban J connectivity index is 4.22. The summed E-state index contributed by atoms with van der Waals surface area (Å²) in [6.45, 7) is 4.66. The third-order valence-corrected chi connectivity index (χ3v) is 8.76. The van der Waals surface area contributed by atoms with Crippen LogP contribution in [-0.4, -0.2) is 80.6 Å². The van der Waals surface area contributed by atoms with E-state index in [0.29, 0.717) is 19.3 Å². The molecular formula is C38H74NO7+. The molecule has 0 aromatic heterocycles. The third kappa shape index (κ3) is 28.5. The second-order valence-electron chi connectivity index (χ2n) is 14.2. The first kappa shape index (κ1) is 44.3. The topological polar surface area (TPSA) is 99.1 Å². The Kier molecular flexibility index (Phi) is 29.5. The molecule has 0 aromatic carbocycles. The van der Waals surface area contributed by atoms with E-state index in [1.807, 2.05) is 21.1 Å². The number of unbranched alkanes of at least 4 members (excludes halogenated alkanes) is 20. The smallest absolute Gasteiger partial charge is 0.362 e. The molecule has 2 unspecified atom stereocenters. The van der Waals surface area contributed by atoms with E-state index in [1.54, 1.807) is 0 Å². The first-order chi connectivity index (χ1) is 22.1. The Morgan fingerprint density at radius 2 is 0.957 bits per heavy atom. The molecule has 0 aliphatic carbocycles. The van der Waals surface area contributed by atoms with Crippen molar-refractivity contribution in [1.29, 1.82) is 0 Å². The van der Waals surface area contributed by atoms with Gasteiger partial charge in [-0.3, -0.25) is 9.59 Å². The molecule has 272 valence electrons. The molecule has 0 radical (unpaired) electrons. The lowest BCUT2D eigenvalue weighted by atomic mass is 10.0. The van der Waals surface area contributed by atoms with E-state index in [0.717, 1.165) is 44.9 Å². The Bertz CT molecular complexity index is 737. The minimum absolute atomic E-state index is 0.0454. The fourth-order valence-corrected chi connectivity index (χ4v) is 5.74. The largest absolute Gasteiger partial charge is 0.477 e. The minimum atomic E-state index is -0.874. The van der Waals surface area contributed by atoms with Gasteiger partial charge in [-0.15, -0.1) is 0 Å². The Hall–Kier alpha value is -1.67. The van der Waals surface area contributed by atoms with Crippen molar-refractivity contribution in [3.05, 3.63) is 0 Å². The van der Waals surface area contributed by atoms with Gasteiger partial charge in [0.2, 0.25) is 0 Å². The number of hydrogen-bond acceptors (Lipinski definition) is 6. The Morgan fingerprint density at radius 3 is 1.35 bits per heavy atom. The van der Waals surface area contributed by atoms with Crippen molar-refractivity contribution >= 4 is 17.9 Å². The van der Waals surface area contributed by atoms with E-state index < -0.39 is 18.1 Å². The number of ether oxygens (including phenoxy) is 3. The van der Waals surface area contributed by atoms with E-state index in [-0.39, 0.29) is 36.2 Å². The molecule has 8 heteroatoms. The number of quaternary nitrogens is 1. The Morgan fingerprint density at radius 1 is 0.565 bits per heavy atom. The maximum atomic E-state index is 12.6. The molecular weight excluding hydrogens is 582 g/mol. The van der Waals surface area contributed by atoms with Gasteiger partial charge in [-0.05, 0) is 12.8 Å². The maximum absolute atomic E-state index is 12.6. The number of carboxylic acid groups (broad SMARTS) is 1. The van der Waals surface area contributed by atoms with Crippen molar-refractivity contribution in [3.63, 3.8) is 0 Å². The number of nitrogens with zero attached hydrogens (tertiary/aromatic N) is 1. The van der Waals surface area contributed by atoms with Crippen molar-refractivity contribution in [3.8, 4) is 0 Å². The van der Waals surface area contributed by atoms with Gasteiger partial charge >= 0.3 is 17.9 Å². The highest BCUT2D eigenvalue weighted by molar-refractivity contribution is 5.72. The predicted molar refractivity (Wildman–Crippen MR) is 188 cm³/mol. The number of carbonyl (C=O) groups excluding carboxylic acids is 2. The summed E-state index contributed by atoms with van der Waals surface area (Å²) in [5, 5.41) is 9.54. The van der Waals surface area contributed by atoms with Crippen LogP contribution in [0, 0.1) is 0 Å². The van der Waals surface area contributed by atoms with Crippen LogP contribution in [0.15, 0.2) is 0 Å². The maximum Gasteiger partial charge on any atom is 0.362 e. The number of carboxylic acids is 1. The van der Waals surface area contributed by atoms with Crippen LogP contribution in [-0.2, 0) is 28.6 Å². The first-order valence-corrected chi connectivity index (χ1v) is 19.1. The van der Waals surface area contributed by atoms with E-state index in [2.05, 4.69) is 13.8 Å². The molecule has 0 aliphatic rings. The lowest BCUT2D eigenvalue weighted by Gasteiger charge is -2.31. The molecule has 0 rings (SSSR count). The third-order valence-electron chi connectivity index (χ3n) is 8.76. The molecule has 0 bridgehead atoms. The van der Waals surface area contributed by atoms with Gasteiger partial charge in [0.15, 0.2) is 12.1 Å². The van der Waals surface area contributed by atoms with Crippen LogP contribution in [0.4, 0.5) is 0 Å². The van der Waals surface area contributed by atoms with Gasteiger partial charge in [-0.25, -0.2) is 4.79 Å². The summed E-state index contributed by atoms with van der Waals surface area (Å²) >= 11 is 0. The second-order valence-corrected chi connectivity index (χ2v) is 14.2. The van der Waals surface area contributed by atoms with E-state index in [4.69, 9.17) is 14.2 Å². The zero-order chi connectivity index (χ0) is 34.3. The molecule has 0 saturated carbocycles. The number of aliphatic carboxylic acids is 1. The van der Waals surface area contributed by atoms with Crippen LogP contribution >= 0.6 is 0 Å². The van der Waals surface area contributed by atoms with Crippen LogP contribution < -0.4 is 0 Å². The summed E-state index contributed by atoms with van der Waals surface area (Å²) in [5.74, 6) is -1.47. The number of esters is 2. The average Bonchev–Trinajstić information content (AvgIpc) is 3.00. The van der Waals surface area contributed by atoms with Gasteiger partial charge in [0.25, 0.3) is 0 Å². The number of likely N-dealkylation sites (N-methyl/N-ethyl adjacent to an activating group) is 1. The zero-order valence-corrected chi connectivity index (χ0v) is 30.8. The average molecular weight is 657 g/mol. The van der Waals surface area contributed by atoms with E-state index >= 15 is 0 Å². The van der Waals surface area contributed by atoms with Crippen LogP contribution in [0.25, 0.3) is 0 Å². The quantitative estimate of drug-likeness (QED) is 0.0418. The number of hydrogen-bond donors (Lipinski definition) is 1. The molecule has 0 aliphatic heterocycles. The molecule has 2 atom stereocenters. The van der Waals surface area contributed by atoms with Gasteiger partial charge in [0.05, 0.1) is 34.4 Å². The van der Waals surface area contributed by atoms with Crippen LogP contribution in [0.5, 0.6) is 0 Å². The van der Waals surface area contributed by atoms with Crippen LogP contribution in [0.2, 0.25) is 0 Å².